The summed E-state index contributed by atoms with van der Waals surface area (Å²) in [4.78, 5) is 1.48. The van der Waals surface area contributed by atoms with E-state index in [0.717, 1.165) is 8.81 Å². The molecule has 1 aromatic rings. The van der Waals surface area contributed by atoms with Crippen molar-refractivity contribution in [1.29, 1.82) is 0 Å². The van der Waals surface area contributed by atoms with Gasteiger partial charge in [0.2, 0.25) is 0 Å². The number of hydrogen-bond donors (Lipinski definition) is 0. The highest BCUT2D eigenvalue weighted by molar-refractivity contribution is 9.11. The monoisotopic (exact) mass is 236 g/mol. The second-order valence-corrected chi connectivity index (χ2v) is 5.25. The van der Waals surface area contributed by atoms with Crippen LogP contribution in [0.4, 0.5) is 0 Å². The Kier molecular flexibility index (Phi) is 1.79. The van der Waals surface area contributed by atoms with Crippen LogP contribution >= 0.6 is 38.9 Å². The standard InChI is InChI=1S/C7H6BrClS/c8-7-6(9)4-2-1-3-5(4)10-7/h1-3H2. The zero-order valence-electron chi connectivity index (χ0n) is 5.29. The Labute approximate surface area is 77.3 Å². The molecule has 0 amide bonds. The quantitative estimate of drug-likeness (QED) is 0.646. The number of halogens is 2. The summed E-state index contributed by atoms with van der Waals surface area (Å²) in [5.41, 5.74) is 1.39. The molecule has 1 aliphatic rings. The Hall–Kier alpha value is 0.470. The molecule has 0 radical (unpaired) electrons. The van der Waals surface area contributed by atoms with Gasteiger partial charge >= 0.3 is 0 Å². The molecule has 0 saturated heterocycles. The van der Waals surface area contributed by atoms with Gasteiger partial charge in [0.1, 0.15) is 0 Å². The fraction of sp³-hybridized carbons (Fsp3) is 0.429. The van der Waals surface area contributed by atoms with E-state index in [4.69, 9.17) is 11.6 Å². The van der Waals surface area contributed by atoms with Crippen LogP contribution in [0, 0.1) is 0 Å². The lowest BCUT2D eigenvalue weighted by atomic mass is 10.3. The second-order valence-electron chi connectivity index (χ2n) is 2.45. The molecule has 10 heavy (non-hydrogen) atoms. The molecule has 1 aliphatic carbocycles. The van der Waals surface area contributed by atoms with E-state index in [1.165, 1.54) is 29.7 Å². The minimum atomic E-state index is 0.956. The average Bonchev–Trinajstić information content (AvgIpc) is 2.41. The van der Waals surface area contributed by atoms with Gasteiger partial charge in [-0.2, -0.15) is 0 Å². The van der Waals surface area contributed by atoms with Crippen LogP contribution in [-0.4, -0.2) is 0 Å². The Morgan fingerprint density at radius 3 is 2.90 bits per heavy atom. The highest BCUT2D eigenvalue weighted by atomic mass is 79.9. The van der Waals surface area contributed by atoms with Crippen LogP contribution in [0.25, 0.3) is 0 Å². The second kappa shape index (κ2) is 2.50. The fourth-order valence-corrected chi connectivity index (χ4v) is 3.54. The first-order chi connectivity index (χ1) is 4.79. The van der Waals surface area contributed by atoms with Crippen LogP contribution in [0.5, 0.6) is 0 Å². The van der Waals surface area contributed by atoms with E-state index in [1.54, 1.807) is 11.3 Å². The fourth-order valence-electron chi connectivity index (χ4n) is 1.33. The van der Waals surface area contributed by atoms with Gasteiger partial charge in [0.25, 0.3) is 0 Å². The largest absolute Gasteiger partial charge is 0.131 e. The molecule has 0 N–H and O–H groups in total. The predicted octanol–water partition coefficient (Wildman–Crippen LogP) is 3.65. The van der Waals surface area contributed by atoms with E-state index < -0.39 is 0 Å². The maximum Gasteiger partial charge on any atom is 0.0890 e. The normalized spacial score (nSPS) is 15.8. The van der Waals surface area contributed by atoms with Crippen LogP contribution in [0.15, 0.2) is 3.79 Å². The van der Waals surface area contributed by atoms with Gasteiger partial charge in [-0.3, -0.25) is 0 Å². The van der Waals surface area contributed by atoms with Gasteiger partial charge in [-0.15, -0.1) is 11.3 Å². The van der Waals surface area contributed by atoms with Gasteiger partial charge in [0.05, 0.1) is 8.81 Å². The molecule has 54 valence electrons. The number of hydrogen-bond acceptors (Lipinski definition) is 1. The lowest BCUT2D eigenvalue weighted by Gasteiger charge is -1.87. The number of rotatable bonds is 0. The SMILES string of the molecule is Clc1c(Br)sc2c1CCC2. The van der Waals surface area contributed by atoms with Crippen molar-refractivity contribution < 1.29 is 0 Å². The highest BCUT2D eigenvalue weighted by Crippen LogP contribution is 2.41. The number of thiophene rings is 1. The van der Waals surface area contributed by atoms with Gasteiger partial charge in [0.15, 0.2) is 0 Å². The van der Waals surface area contributed by atoms with Crippen molar-refractivity contribution >= 4 is 38.9 Å². The van der Waals surface area contributed by atoms with E-state index in [-0.39, 0.29) is 0 Å². The summed E-state index contributed by atoms with van der Waals surface area (Å²) in [6.07, 6.45) is 3.69. The van der Waals surface area contributed by atoms with E-state index in [9.17, 15) is 0 Å². The summed E-state index contributed by atoms with van der Waals surface area (Å²) in [6, 6.07) is 0. The van der Waals surface area contributed by atoms with E-state index in [2.05, 4.69) is 15.9 Å². The van der Waals surface area contributed by atoms with E-state index >= 15 is 0 Å². The third kappa shape index (κ3) is 0.936. The van der Waals surface area contributed by atoms with Gasteiger partial charge < -0.3 is 0 Å². The number of fused-ring (bicyclic) bond motifs is 1. The van der Waals surface area contributed by atoms with Crippen LogP contribution < -0.4 is 0 Å². The Bertz CT molecular complexity index is 267. The van der Waals surface area contributed by atoms with E-state index in [0.29, 0.717) is 0 Å². The van der Waals surface area contributed by atoms with Crippen molar-refractivity contribution in [1.82, 2.24) is 0 Å². The molecule has 0 spiro atoms. The van der Waals surface area contributed by atoms with Crippen LogP contribution in [-0.2, 0) is 12.8 Å². The molecule has 0 atom stereocenters. The molecule has 0 fully saturated rings. The van der Waals surface area contributed by atoms with E-state index in [1.807, 2.05) is 0 Å². The molecule has 1 heterocycles. The first-order valence-electron chi connectivity index (χ1n) is 3.24. The Morgan fingerprint density at radius 1 is 1.40 bits per heavy atom. The van der Waals surface area contributed by atoms with Gasteiger partial charge in [-0.05, 0) is 40.8 Å². The zero-order valence-corrected chi connectivity index (χ0v) is 8.44. The zero-order chi connectivity index (χ0) is 7.14. The maximum absolute atomic E-state index is 6.02. The molecule has 0 unspecified atom stereocenters. The molecular weight excluding hydrogens is 232 g/mol. The van der Waals surface area contributed by atoms with Crippen molar-refractivity contribution in [2.75, 3.05) is 0 Å². The van der Waals surface area contributed by atoms with Gasteiger partial charge in [0, 0.05) is 4.88 Å². The summed E-state index contributed by atoms with van der Waals surface area (Å²) in [6.45, 7) is 0. The summed E-state index contributed by atoms with van der Waals surface area (Å²) in [7, 11) is 0. The van der Waals surface area contributed by atoms with Gasteiger partial charge in [-0.25, -0.2) is 0 Å². The molecule has 1 aromatic heterocycles. The van der Waals surface area contributed by atoms with Crippen LogP contribution in [0.2, 0.25) is 5.02 Å². The molecule has 0 aliphatic heterocycles. The molecule has 2 rings (SSSR count). The average molecular weight is 238 g/mol. The molecule has 0 saturated carbocycles. The van der Waals surface area contributed by atoms with Crippen molar-refractivity contribution in [2.45, 2.75) is 19.3 Å². The third-order valence-electron chi connectivity index (χ3n) is 1.82. The number of aryl methyl sites for hydroxylation is 1. The minimum absolute atomic E-state index is 0.956. The third-order valence-corrected chi connectivity index (χ3v) is 4.54. The van der Waals surface area contributed by atoms with Crippen molar-refractivity contribution in [2.24, 2.45) is 0 Å². The highest BCUT2D eigenvalue weighted by Gasteiger charge is 2.19. The van der Waals surface area contributed by atoms with Crippen LogP contribution in [0.1, 0.15) is 16.9 Å². The van der Waals surface area contributed by atoms with Crippen molar-refractivity contribution in [3.05, 3.63) is 19.2 Å². The topological polar surface area (TPSA) is 0 Å². The summed E-state index contributed by atoms with van der Waals surface area (Å²) >= 11 is 11.2. The molecule has 0 aromatic carbocycles. The lowest BCUT2D eigenvalue weighted by molar-refractivity contribution is 0.914. The molecule has 3 heteroatoms. The smallest absolute Gasteiger partial charge is 0.0890 e. The summed E-state index contributed by atoms with van der Waals surface area (Å²) < 4.78 is 1.11. The summed E-state index contributed by atoms with van der Waals surface area (Å²) in [5.74, 6) is 0. The molecule has 0 nitrogen and oxygen atoms in total. The van der Waals surface area contributed by atoms with Crippen molar-refractivity contribution in [3.63, 3.8) is 0 Å². The minimum Gasteiger partial charge on any atom is -0.131 e. The summed E-state index contributed by atoms with van der Waals surface area (Å²) in [5, 5.41) is 0.956. The molecule has 0 bridgehead atoms. The first kappa shape index (κ1) is 7.14. The van der Waals surface area contributed by atoms with Crippen molar-refractivity contribution in [3.8, 4) is 0 Å². The predicted molar refractivity (Wildman–Crippen MR) is 49.1 cm³/mol. The Balaban J connectivity index is 2.59. The first-order valence-corrected chi connectivity index (χ1v) is 5.23. The lowest BCUT2D eigenvalue weighted by Crippen LogP contribution is -1.72. The molecular formula is C7H6BrClS. The Morgan fingerprint density at radius 2 is 2.20 bits per heavy atom. The maximum atomic E-state index is 6.02. The van der Waals surface area contributed by atoms with Gasteiger partial charge in [-0.1, -0.05) is 11.6 Å². The van der Waals surface area contributed by atoms with Crippen LogP contribution in [0.3, 0.4) is 0 Å².